The molecule has 2 aromatic rings. The normalized spacial score (nSPS) is 12.8. The van der Waals surface area contributed by atoms with E-state index in [9.17, 15) is 8.42 Å². The van der Waals surface area contributed by atoms with Gasteiger partial charge in [0.25, 0.3) is 0 Å². The summed E-state index contributed by atoms with van der Waals surface area (Å²) >= 11 is 0. The average Bonchev–Trinajstić information content (AvgIpc) is 2.80. The van der Waals surface area contributed by atoms with E-state index < -0.39 is 10.0 Å². The van der Waals surface area contributed by atoms with Gasteiger partial charge in [-0.15, -0.1) is 24.0 Å². The number of nitrogens with zero attached hydrogens (tertiary/aromatic N) is 2. The van der Waals surface area contributed by atoms with Crippen LogP contribution in [-0.4, -0.2) is 53.0 Å². The van der Waals surface area contributed by atoms with E-state index in [1.807, 2.05) is 30.3 Å². The summed E-state index contributed by atoms with van der Waals surface area (Å²) in [6.07, 6.45) is 0. The van der Waals surface area contributed by atoms with Crippen LogP contribution in [0.2, 0.25) is 0 Å². The third-order valence-electron chi connectivity index (χ3n) is 5.27. The van der Waals surface area contributed by atoms with Gasteiger partial charge < -0.3 is 10.6 Å². The molecule has 1 atom stereocenters. The van der Waals surface area contributed by atoms with Crippen molar-refractivity contribution in [3.63, 3.8) is 0 Å². The molecule has 32 heavy (non-hydrogen) atoms. The second-order valence-corrected chi connectivity index (χ2v) is 9.16. The molecule has 0 aliphatic heterocycles. The van der Waals surface area contributed by atoms with Crippen molar-refractivity contribution in [2.45, 2.75) is 32.2 Å². The fraction of sp³-hybridized carbons (Fsp3) is 0.435. The number of aliphatic imine (C=N–C) groups is 1. The van der Waals surface area contributed by atoms with Gasteiger partial charge in [0.05, 0.1) is 11.8 Å². The molecule has 2 aromatic carbocycles. The van der Waals surface area contributed by atoms with Gasteiger partial charge in [0, 0.05) is 20.1 Å². The van der Waals surface area contributed by atoms with Crippen molar-refractivity contribution in [3.05, 3.63) is 71.3 Å². The van der Waals surface area contributed by atoms with E-state index in [4.69, 9.17) is 0 Å². The summed E-state index contributed by atoms with van der Waals surface area (Å²) < 4.78 is 25.7. The topological polar surface area (TPSA) is 85.8 Å². The smallest absolute Gasteiger partial charge is 0.215 e. The lowest BCUT2D eigenvalue weighted by atomic mass is 10.1. The summed E-state index contributed by atoms with van der Waals surface area (Å²) in [5, 5.41) is 6.78. The third-order valence-corrected chi connectivity index (χ3v) is 6.61. The second-order valence-electron chi connectivity index (χ2n) is 7.23. The van der Waals surface area contributed by atoms with Gasteiger partial charge in [0.15, 0.2) is 5.96 Å². The van der Waals surface area contributed by atoms with Crippen molar-refractivity contribution < 1.29 is 8.42 Å². The molecule has 0 aromatic heterocycles. The molecule has 3 N–H and O–H groups in total. The maximum absolute atomic E-state index is 11.7. The van der Waals surface area contributed by atoms with Crippen LogP contribution in [0.3, 0.4) is 0 Å². The van der Waals surface area contributed by atoms with Gasteiger partial charge in [0.1, 0.15) is 0 Å². The fourth-order valence-corrected chi connectivity index (χ4v) is 4.22. The first-order valence-corrected chi connectivity index (χ1v) is 12.3. The van der Waals surface area contributed by atoms with Crippen LogP contribution in [0.25, 0.3) is 0 Å². The number of guanidine groups is 1. The third kappa shape index (κ3) is 9.05. The Morgan fingerprint density at radius 3 is 2.09 bits per heavy atom. The van der Waals surface area contributed by atoms with Crippen LogP contribution >= 0.6 is 24.0 Å². The summed E-state index contributed by atoms with van der Waals surface area (Å²) in [6.45, 7) is 7.64. The van der Waals surface area contributed by atoms with Gasteiger partial charge >= 0.3 is 0 Å². The predicted octanol–water partition coefficient (Wildman–Crippen LogP) is 3.10. The summed E-state index contributed by atoms with van der Waals surface area (Å²) in [5.41, 5.74) is 3.09. The molecular formula is C23H36IN5O2S. The quantitative estimate of drug-likeness (QED) is 0.219. The van der Waals surface area contributed by atoms with Gasteiger partial charge in [0.2, 0.25) is 10.0 Å². The number of hydrogen-bond donors (Lipinski definition) is 3. The Morgan fingerprint density at radius 2 is 1.56 bits per heavy atom. The molecule has 0 heterocycles. The van der Waals surface area contributed by atoms with Crippen LogP contribution in [0.4, 0.5) is 0 Å². The molecule has 0 aliphatic carbocycles. The van der Waals surface area contributed by atoms with Crippen LogP contribution in [0.5, 0.6) is 0 Å². The Balaban J connectivity index is 0.00000512. The largest absolute Gasteiger partial charge is 0.354 e. The predicted molar refractivity (Wildman–Crippen MR) is 144 cm³/mol. The number of benzene rings is 2. The van der Waals surface area contributed by atoms with Crippen molar-refractivity contribution in [1.29, 1.82) is 0 Å². The fourth-order valence-electron chi connectivity index (χ4n) is 3.44. The molecule has 0 aliphatic rings. The highest BCUT2D eigenvalue weighted by Crippen LogP contribution is 2.19. The lowest BCUT2D eigenvalue weighted by Crippen LogP contribution is -2.43. The minimum atomic E-state index is -3.26. The van der Waals surface area contributed by atoms with E-state index in [2.05, 4.69) is 63.4 Å². The number of sulfonamides is 1. The number of likely N-dealkylation sites (N-methyl/N-ethyl adjacent to an activating group) is 1. The maximum atomic E-state index is 11.7. The lowest BCUT2D eigenvalue weighted by molar-refractivity contribution is 0.219. The standard InChI is InChI=1S/C23H35N5O2S.HI/c1-5-28(6-2)22(21-10-8-7-9-11-21)17-27-23(24-3)26-16-19-12-14-20(15-13-19)18-31(29,30)25-4;/h7-15,22,25H,5-6,16-18H2,1-4H3,(H2,24,26,27);1H. The lowest BCUT2D eigenvalue weighted by Gasteiger charge is -2.30. The van der Waals surface area contributed by atoms with Crippen LogP contribution in [0.15, 0.2) is 59.6 Å². The van der Waals surface area contributed by atoms with E-state index in [-0.39, 0.29) is 35.8 Å². The Bertz CT molecular complexity index is 917. The molecular weight excluding hydrogens is 537 g/mol. The molecule has 0 radical (unpaired) electrons. The summed E-state index contributed by atoms with van der Waals surface area (Å²) in [4.78, 5) is 6.77. The molecule has 9 heteroatoms. The van der Waals surface area contributed by atoms with Crippen molar-refractivity contribution in [3.8, 4) is 0 Å². The van der Waals surface area contributed by atoms with Crippen LogP contribution in [0.1, 0.15) is 36.6 Å². The molecule has 7 nitrogen and oxygen atoms in total. The Kier molecular flexibility index (Phi) is 12.8. The van der Waals surface area contributed by atoms with Gasteiger partial charge in [-0.25, -0.2) is 13.1 Å². The summed E-state index contributed by atoms with van der Waals surface area (Å²) in [5.74, 6) is 0.710. The van der Waals surface area contributed by atoms with E-state index >= 15 is 0 Å². The van der Waals surface area contributed by atoms with E-state index in [1.165, 1.54) is 12.6 Å². The highest BCUT2D eigenvalue weighted by Gasteiger charge is 2.18. The zero-order chi connectivity index (χ0) is 22.7. The van der Waals surface area contributed by atoms with Crippen molar-refractivity contribution >= 4 is 40.0 Å². The Labute approximate surface area is 210 Å². The monoisotopic (exact) mass is 573 g/mol. The second kappa shape index (κ2) is 14.5. The molecule has 178 valence electrons. The van der Waals surface area contributed by atoms with Crippen LogP contribution < -0.4 is 15.4 Å². The molecule has 0 bridgehead atoms. The Morgan fingerprint density at radius 1 is 0.969 bits per heavy atom. The van der Waals surface area contributed by atoms with Crippen molar-refractivity contribution in [1.82, 2.24) is 20.3 Å². The number of rotatable bonds is 11. The molecule has 0 saturated heterocycles. The minimum Gasteiger partial charge on any atom is -0.354 e. The number of hydrogen-bond acceptors (Lipinski definition) is 4. The number of halogens is 1. The first kappa shape index (κ1) is 28.3. The molecule has 0 amide bonds. The maximum Gasteiger partial charge on any atom is 0.215 e. The van der Waals surface area contributed by atoms with Gasteiger partial charge in [-0.1, -0.05) is 68.4 Å². The first-order chi connectivity index (χ1) is 14.9. The zero-order valence-corrected chi connectivity index (χ0v) is 22.5. The van der Waals surface area contributed by atoms with Gasteiger partial charge in [-0.05, 0) is 36.8 Å². The van der Waals surface area contributed by atoms with E-state index in [0.29, 0.717) is 6.54 Å². The van der Waals surface area contributed by atoms with Crippen molar-refractivity contribution in [2.24, 2.45) is 4.99 Å². The zero-order valence-electron chi connectivity index (χ0n) is 19.3. The first-order valence-electron chi connectivity index (χ1n) is 10.6. The van der Waals surface area contributed by atoms with Crippen LogP contribution in [-0.2, 0) is 22.3 Å². The van der Waals surface area contributed by atoms with Crippen LogP contribution in [0, 0.1) is 0 Å². The Hall–Kier alpha value is -1.69. The summed E-state index contributed by atoms with van der Waals surface area (Å²) in [7, 11) is -0.0786. The van der Waals surface area contributed by atoms with Crippen molar-refractivity contribution in [2.75, 3.05) is 33.7 Å². The number of nitrogens with one attached hydrogen (secondary N) is 3. The molecule has 1 unspecified atom stereocenters. The SMILES string of the molecule is CCN(CC)C(CNC(=NC)NCc1ccc(CS(=O)(=O)NC)cc1)c1ccccc1.I. The molecule has 0 saturated carbocycles. The van der Waals surface area contributed by atoms with E-state index in [0.717, 1.165) is 36.7 Å². The molecule has 0 spiro atoms. The summed E-state index contributed by atoms with van der Waals surface area (Å²) in [6, 6.07) is 18.3. The minimum absolute atomic E-state index is 0. The average molecular weight is 574 g/mol. The highest BCUT2D eigenvalue weighted by molar-refractivity contribution is 14.0. The van der Waals surface area contributed by atoms with Gasteiger partial charge in [-0.2, -0.15) is 0 Å². The van der Waals surface area contributed by atoms with Gasteiger partial charge in [-0.3, -0.25) is 9.89 Å². The van der Waals surface area contributed by atoms with E-state index in [1.54, 1.807) is 7.05 Å². The molecule has 2 rings (SSSR count). The highest BCUT2D eigenvalue weighted by atomic mass is 127. The molecule has 0 fully saturated rings.